The molecular weight excluding hydrogens is 683 g/mol. The van der Waals surface area contributed by atoms with E-state index < -0.39 is 23.5 Å². The quantitative estimate of drug-likeness (QED) is 0.0797. The molecule has 1 aliphatic heterocycles. The zero-order chi connectivity index (χ0) is 34.9. The van der Waals surface area contributed by atoms with Gasteiger partial charge in [0.1, 0.15) is 12.4 Å². The van der Waals surface area contributed by atoms with Gasteiger partial charge in [-0.1, -0.05) is 120 Å². The van der Waals surface area contributed by atoms with Crippen LogP contribution in [-0.2, 0) is 17.2 Å². The summed E-state index contributed by atoms with van der Waals surface area (Å²) >= 11 is 2.72. The molecular formula is C40H29N3O6S2. The predicted octanol–water partition coefficient (Wildman–Crippen LogP) is 9.10. The number of nitrogens with zero attached hydrogens (tertiary/aromatic N) is 3. The van der Waals surface area contributed by atoms with Gasteiger partial charge in [-0.25, -0.2) is 0 Å². The van der Waals surface area contributed by atoms with E-state index in [1.54, 1.807) is 48.5 Å². The van der Waals surface area contributed by atoms with E-state index in [9.17, 15) is 14.7 Å². The third-order valence-electron chi connectivity index (χ3n) is 8.68. The van der Waals surface area contributed by atoms with Crippen molar-refractivity contribution in [2.75, 3.05) is 12.0 Å². The molecule has 0 saturated carbocycles. The Morgan fingerprint density at radius 1 is 0.902 bits per heavy atom. The van der Waals surface area contributed by atoms with Gasteiger partial charge in [-0.2, -0.15) is 0 Å². The number of aliphatic hydroxyl groups is 1. The molecule has 0 fully saturated rings. The lowest BCUT2D eigenvalue weighted by Crippen LogP contribution is -2.31. The molecule has 1 atom stereocenters. The molecule has 1 unspecified atom stereocenters. The average Bonchev–Trinajstić information content (AvgIpc) is 3.90. The first kappa shape index (κ1) is 32.3. The highest BCUT2D eigenvalue weighted by molar-refractivity contribution is 8.00. The SMILES string of the molecule is COc1cccc2cc(C(=O)C3=C(O)C(=O)N(c4nnc(SCc5cccc6ccccc56)s4)C3c3ccc(OCc4ccccc4)cc3)oc12. The Hall–Kier alpha value is -5.91. The summed E-state index contributed by atoms with van der Waals surface area (Å²) in [6.07, 6.45) is 0. The Morgan fingerprint density at radius 3 is 2.47 bits per heavy atom. The number of thioether (sulfide) groups is 1. The van der Waals surface area contributed by atoms with E-state index in [1.807, 2.05) is 48.5 Å². The van der Waals surface area contributed by atoms with Crippen LogP contribution in [-0.4, -0.2) is 34.1 Å². The van der Waals surface area contributed by atoms with Crippen molar-refractivity contribution in [3.8, 4) is 11.5 Å². The number of methoxy groups -OCH3 is 1. The van der Waals surface area contributed by atoms with Gasteiger partial charge < -0.3 is 19.0 Å². The Kier molecular flexibility index (Phi) is 8.73. The minimum atomic E-state index is -1.02. The number of furan rings is 1. The van der Waals surface area contributed by atoms with Gasteiger partial charge in [-0.15, -0.1) is 10.2 Å². The zero-order valence-corrected chi connectivity index (χ0v) is 28.8. The Bertz CT molecular complexity index is 2430. The number of hydrogen-bond acceptors (Lipinski definition) is 10. The summed E-state index contributed by atoms with van der Waals surface area (Å²) in [6.45, 7) is 0.373. The van der Waals surface area contributed by atoms with E-state index in [0.29, 0.717) is 44.7 Å². The van der Waals surface area contributed by atoms with Gasteiger partial charge >= 0.3 is 0 Å². The molecule has 9 nitrogen and oxygen atoms in total. The largest absolute Gasteiger partial charge is 0.503 e. The number of Topliss-reactive ketones (excluding diaryl/α,β-unsaturated/α-hetero) is 1. The van der Waals surface area contributed by atoms with Gasteiger partial charge in [-0.3, -0.25) is 14.5 Å². The number of aliphatic hydroxyl groups excluding tert-OH is 1. The number of para-hydroxylation sites is 1. The molecule has 1 aliphatic rings. The van der Waals surface area contributed by atoms with Crippen molar-refractivity contribution in [3.05, 3.63) is 155 Å². The lowest BCUT2D eigenvalue weighted by Gasteiger charge is -2.24. The van der Waals surface area contributed by atoms with Crippen LogP contribution < -0.4 is 14.4 Å². The van der Waals surface area contributed by atoms with Crippen LogP contribution in [0.1, 0.15) is 33.3 Å². The van der Waals surface area contributed by atoms with E-state index in [2.05, 4.69) is 34.5 Å². The van der Waals surface area contributed by atoms with Crippen LogP contribution in [0.25, 0.3) is 21.7 Å². The molecule has 7 aromatic rings. The fourth-order valence-electron chi connectivity index (χ4n) is 6.19. The molecule has 51 heavy (non-hydrogen) atoms. The third-order valence-corrected chi connectivity index (χ3v) is 10.8. The summed E-state index contributed by atoms with van der Waals surface area (Å²) in [5, 5.41) is 23.3. The number of aromatic nitrogens is 2. The van der Waals surface area contributed by atoms with Gasteiger partial charge in [0.25, 0.3) is 5.91 Å². The fraction of sp³-hybridized carbons (Fsp3) is 0.100. The normalized spacial score (nSPS) is 14.5. The topological polar surface area (TPSA) is 115 Å². The van der Waals surface area contributed by atoms with Crippen LogP contribution in [0.3, 0.4) is 0 Å². The highest BCUT2D eigenvalue weighted by Gasteiger charge is 2.47. The van der Waals surface area contributed by atoms with Gasteiger partial charge in [-0.05, 0) is 51.7 Å². The maximum Gasteiger partial charge on any atom is 0.296 e. The van der Waals surface area contributed by atoms with Crippen LogP contribution in [0.5, 0.6) is 11.5 Å². The van der Waals surface area contributed by atoms with Gasteiger partial charge in [0, 0.05) is 11.1 Å². The van der Waals surface area contributed by atoms with Crippen molar-refractivity contribution in [2.45, 2.75) is 22.7 Å². The van der Waals surface area contributed by atoms with Crippen LogP contribution in [0.2, 0.25) is 0 Å². The second-order valence-electron chi connectivity index (χ2n) is 11.8. The molecule has 3 heterocycles. The van der Waals surface area contributed by atoms with Crippen molar-refractivity contribution < 1.29 is 28.6 Å². The van der Waals surface area contributed by atoms with Crippen molar-refractivity contribution in [3.63, 3.8) is 0 Å². The van der Waals surface area contributed by atoms with E-state index >= 15 is 0 Å². The Balaban J connectivity index is 1.12. The van der Waals surface area contributed by atoms with Gasteiger partial charge in [0.15, 0.2) is 27.2 Å². The number of anilines is 1. The number of hydrogen-bond donors (Lipinski definition) is 1. The van der Waals surface area contributed by atoms with E-state index in [-0.39, 0.29) is 16.5 Å². The summed E-state index contributed by atoms with van der Waals surface area (Å²) in [7, 11) is 1.51. The smallest absolute Gasteiger partial charge is 0.296 e. The summed E-state index contributed by atoms with van der Waals surface area (Å²) < 4.78 is 18.0. The molecule has 0 radical (unpaired) electrons. The first-order valence-electron chi connectivity index (χ1n) is 16.1. The number of amides is 1. The maximum absolute atomic E-state index is 14.2. The highest BCUT2D eigenvalue weighted by Crippen LogP contribution is 2.45. The summed E-state index contributed by atoms with van der Waals surface area (Å²) in [5.74, 6) is -0.412. The standard InChI is InChI=1S/C40H29N3O6S2/c1-47-31-16-8-13-27-21-32(49-37(27)31)35(44)33-34(26-17-19-29(20-18-26)48-22-24-9-3-2-4-10-24)43(38(46)36(33)45)39-41-42-40(51-39)50-23-28-14-7-12-25-11-5-6-15-30(25)28/h2-21,34,45H,22-23H2,1H3. The molecule has 0 saturated heterocycles. The van der Waals surface area contributed by atoms with Crippen molar-refractivity contribution in [1.82, 2.24) is 10.2 Å². The van der Waals surface area contributed by atoms with E-state index in [4.69, 9.17) is 13.9 Å². The predicted molar refractivity (Wildman–Crippen MR) is 198 cm³/mol. The number of fused-ring (bicyclic) bond motifs is 2. The minimum absolute atomic E-state index is 0.0397. The molecule has 2 aromatic heterocycles. The number of rotatable bonds is 11. The molecule has 0 aliphatic carbocycles. The van der Waals surface area contributed by atoms with Crippen LogP contribution in [0.15, 0.2) is 141 Å². The second-order valence-corrected chi connectivity index (χ2v) is 14.0. The molecule has 5 aromatic carbocycles. The van der Waals surface area contributed by atoms with Crippen LogP contribution in [0.4, 0.5) is 5.13 Å². The van der Waals surface area contributed by atoms with Gasteiger partial charge in [0.05, 0.1) is 18.7 Å². The summed E-state index contributed by atoms with van der Waals surface area (Å²) in [5.41, 5.74) is 2.99. The number of carbonyl (C=O) groups is 2. The number of ketones is 1. The lowest BCUT2D eigenvalue weighted by atomic mass is 9.95. The molecule has 8 rings (SSSR count). The van der Waals surface area contributed by atoms with Crippen LogP contribution >= 0.6 is 23.1 Å². The highest BCUT2D eigenvalue weighted by atomic mass is 32.2. The summed E-state index contributed by atoms with van der Waals surface area (Å²) in [6, 6.07) is 37.1. The van der Waals surface area contributed by atoms with E-state index in [1.165, 1.54) is 35.1 Å². The third kappa shape index (κ3) is 6.22. The monoisotopic (exact) mass is 711 g/mol. The molecule has 252 valence electrons. The van der Waals surface area contributed by atoms with Crippen LogP contribution in [0, 0.1) is 0 Å². The molecule has 11 heteroatoms. The minimum Gasteiger partial charge on any atom is -0.503 e. The first-order chi connectivity index (χ1) is 25.0. The van der Waals surface area contributed by atoms with Crippen molar-refractivity contribution in [2.24, 2.45) is 0 Å². The molecule has 0 bridgehead atoms. The average molecular weight is 712 g/mol. The fourth-order valence-corrected chi connectivity index (χ4v) is 8.07. The maximum atomic E-state index is 14.2. The molecule has 1 amide bonds. The van der Waals surface area contributed by atoms with E-state index in [0.717, 1.165) is 21.9 Å². The zero-order valence-electron chi connectivity index (χ0n) is 27.2. The number of carbonyl (C=O) groups excluding carboxylic acids is 2. The molecule has 1 N–H and O–H groups in total. The number of ether oxygens (including phenoxy) is 2. The number of benzene rings is 5. The Labute approximate surface area is 300 Å². The second kappa shape index (κ2) is 13.8. The van der Waals surface area contributed by atoms with Crippen molar-refractivity contribution >= 4 is 61.7 Å². The Morgan fingerprint density at radius 2 is 1.65 bits per heavy atom. The van der Waals surface area contributed by atoms with Crippen molar-refractivity contribution in [1.29, 1.82) is 0 Å². The lowest BCUT2D eigenvalue weighted by molar-refractivity contribution is -0.117. The molecule has 0 spiro atoms. The summed E-state index contributed by atoms with van der Waals surface area (Å²) in [4.78, 5) is 29.5. The first-order valence-corrected chi connectivity index (χ1v) is 17.9. The van der Waals surface area contributed by atoms with Gasteiger partial charge in [0.2, 0.25) is 10.9 Å².